The van der Waals surface area contributed by atoms with Crippen LogP contribution in [0.15, 0.2) is 41.0 Å². The van der Waals surface area contributed by atoms with Gasteiger partial charge in [-0.25, -0.2) is 9.48 Å². The molecule has 1 aliphatic heterocycles. The average molecular weight is 336 g/mol. The maximum Gasteiger partial charge on any atom is 0.415 e. The van der Waals surface area contributed by atoms with Gasteiger partial charge in [-0.2, -0.15) is 5.10 Å². The van der Waals surface area contributed by atoms with Crippen molar-refractivity contribution in [2.75, 3.05) is 11.4 Å². The van der Waals surface area contributed by atoms with Gasteiger partial charge in [0.05, 0.1) is 10.7 Å². The molecule has 6 heteroatoms. The number of carbonyl (C=O) groups excluding carboxylic acids is 1. The van der Waals surface area contributed by atoms with Crippen molar-refractivity contribution in [2.24, 2.45) is 0 Å². The predicted octanol–water partition coefficient (Wildman–Crippen LogP) is 3.19. The summed E-state index contributed by atoms with van der Waals surface area (Å²) in [4.78, 5) is 13.9. The monoisotopic (exact) mass is 335 g/mol. The van der Waals surface area contributed by atoms with Crippen LogP contribution in [0.25, 0.3) is 0 Å². The van der Waals surface area contributed by atoms with E-state index < -0.39 is 0 Å². The van der Waals surface area contributed by atoms with Crippen LogP contribution in [0.3, 0.4) is 0 Å². The molecule has 0 saturated carbocycles. The molecule has 2 aromatic rings. The molecule has 0 spiro atoms. The van der Waals surface area contributed by atoms with Crippen molar-refractivity contribution in [1.82, 2.24) is 9.78 Å². The lowest BCUT2D eigenvalue weighted by Crippen LogP contribution is -2.38. The number of ether oxygens (including phenoxy) is 1. The van der Waals surface area contributed by atoms with Gasteiger partial charge in [0, 0.05) is 13.1 Å². The maximum atomic E-state index is 12.2. The number of halogens is 1. The molecule has 1 aliphatic rings. The van der Waals surface area contributed by atoms with Gasteiger partial charge in [-0.05, 0) is 27.9 Å². The Hall–Kier alpha value is -1.82. The molecule has 0 radical (unpaired) electrons. The van der Waals surface area contributed by atoms with Crippen LogP contribution in [0.5, 0.6) is 0 Å². The second-order valence-electron chi connectivity index (χ2n) is 4.58. The standard InChI is InChI=1S/C14H14BrN3O2/c15-12-9-16-18-8-4-7-17(13(12)18)14(19)20-10-11-5-2-1-3-6-11/h1-3,5-6,9H,4,7-8,10H2. The Kier molecular flexibility index (Phi) is 3.73. The van der Waals surface area contributed by atoms with Crippen LogP contribution in [0.4, 0.5) is 10.6 Å². The zero-order chi connectivity index (χ0) is 13.9. The van der Waals surface area contributed by atoms with E-state index in [4.69, 9.17) is 4.74 Å². The highest BCUT2D eigenvalue weighted by Crippen LogP contribution is 2.29. The third-order valence-corrected chi connectivity index (χ3v) is 3.76. The van der Waals surface area contributed by atoms with E-state index in [-0.39, 0.29) is 12.7 Å². The van der Waals surface area contributed by atoms with E-state index in [9.17, 15) is 4.79 Å². The van der Waals surface area contributed by atoms with E-state index in [1.807, 2.05) is 35.0 Å². The first-order chi connectivity index (χ1) is 9.75. The highest BCUT2D eigenvalue weighted by atomic mass is 79.9. The van der Waals surface area contributed by atoms with E-state index in [1.165, 1.54) is 0 Å². The molecular weight excluding hydrogens is 322 g/mol. The summed E-state index contributed by atoms with van der Waals surface area (Å²) in [5.41, 5.74) is 0.977. The van der Waals surface area contributed by atoms with E-state index in [1.54, 1.807) is 11.1 Å². The quantitative estimate of drug-likeness (QED) is 0.846. The third kappa shape index (κ3) is 2.56. The van der Waals surface area contributed by atoms with Crippen LogP contribution in [-0.4, -0.2) is 22.4 Å². The van der Waals surface area contributed by atoms with Crippen molar-refractivity contribution >= 4 is 27.8 Å². The fourth-order valence-corrected chi connectivity index (χ4v) is 2.76. The lowest BCUT2D eigenvalue weighted by molar-refractivity contribution is 0.145. The number of benzene rings is 1. The summed E-state index contributed by atoms with van der Waals surface area (Å²) in [7, 11) is 0. The predicted molar refractivity (Wildman–Crippen MR) is 78.5 cm³/mol. The van der Waals surface area contributed by atoms with Gasteiger partial charge in [0.15, 0.2) is 5.82 Å². The van der Waals surface area contributed by atoms with Gasteiger partial charge in [-0.3, -0.25) is 4.90 Å². The fourth-order valence-electron chi connectivity index (χ4n) is 2.25. The molecule has 2 heterocycles. The van der Waals surface area contributed by atoms with Gasteiger partial charge in [0.25, 0.3) is 0 Å². The third-order valence-electron chi connectivity index (χ3n) is 3.20. The summed E-state index contributed by atoms with van der Waals surface area (Å²) in [5.74, 6) is 0.773. The Bertz CT molecular complexity index is 612. The SMILES string of the molecule is O=C(OCc1ccccc1)N1CCCn2ncc(Br)c21. The van der Waals surface area contributed by atoms with Gasteiger partial charge >= 0.3 is 6.09 Å². The number of aromatic nitrogens is 2. The average Bonchev–Trinajstić information content (AvgIpc) is 2.87. The van der Waals surface area contributed by atoms with E-state index in [0.29, 0.717) is 6.54 Å². The number of hydrogen-bond donors (Lipinski definition) is 0. The largest absolute Gasteiger partial charge is 0.444 e. The molecule has 104 valence electrons. The van der Waals surface area contributed by atoms with Crippen molar-refractivity contribution in [1.29, 1.82) is 0 Å². The van der Waals surface area contributed by atoms with Crippen molar-refractivity contribution in [3.8, 4) is 0 Å². The van der Waals surface area contributed by atoms with Gasteiger partial charge in [-0.1, -0.05) is 30.3 Å². The molecule has 0 saturated heterocycles. The van der Waals surface area contributed by atoms with Crippen LogP contribution in [0, 0.1) is 0 Å². The van der Waals surface area contributed by atoms with E-state index in [2.05, 4.69) is 21.0 Å². The number of anilines is 1. The highest BCUT2D eigenvalue weighted by molar-refractivity contribution is 9.10. The van der Waals surface area contributed by atoms with Crippen LogP contribution < -0.4 is 4.90 Å². The second-order valence-corrected chi connectivity index (χ2v) is 5.44. The lowest BCUT2D eigenvalue weighted by Gasteiger charge is -2.27. The van der Waals surface area contributed by atoms with Crippen molar-refractivity contribution < 1.29 is 9.53 Å². The Morgan fingerprint density at radius 2 is 2.10 bits per heavy atom. The molecule has 0 atom stereocenters. The summed E-state index contributed by atoms with van der Waals surface area (Å²) in [6, 6.07) is 9.66. The first-order valence-electron chi connectivity index (χ1n) is 6.45. The van der Waals surface area contributed by atoms with Crippen molar-refractivity contribution in [3.63, 3.8) is 0 Å². The topological polar surface area (TPSA) is 47.4 Å². The number of fused-ring (bicyclic) bond motifs is 1. The van der Waals surface area contributed by atoms with Crippen LogP contribution >= 0.6 is 15.9 Å². The minimum absolute atomic E-state index is 0.280. The molecule has 1 amide bonds. The molecule has 0 unspecified atom stereocenters. The Morgan fingerprint density at radius 1 is 1.30 bits per heavy atom. The van der Waals surface area contributed by atoms with E-state index in [0.717, 1.165) is 28.8 Å². The zero-order valence-corrected chi connectivity index (χ0v) is 12.4. The first-order valence-corrected chi connectivity index (χ1v) is 7.24. The molecule has 3 rings (SSSR count). The second kappa shape index (κ2) is 5.66. The first kappa shape index (κ1) is 13.2. The van der Waals surface area contributed by atoms with Crippen molar-refractivity contribution in [2.45, 2.75) is 19.6 Å². The maximum absolute atomic E-state index is 12.2. The Balaban J connectivity index is 1.71. The highest BCUT2D eigenvalue weighted by Gasteiger charge is 2.27. The zero-order valence-electron chi connectivity index (χ0n) is 10.8. The molecule has 1 aromatic carbocycles. The van der Waals surface area contributed by atoms with Crippen LogP contribution in [0.1, 0.15) is 12.0 Å². The van der Waals surface area contributed by atoms with E-state index >= 15 is 0 Å². The number of amides is 1. The fraction of sp³-hybridized carbons (Fsp3) is 0.286. The number of rotatable bonds is 2. The smallest absolute Gasteiger partial charge is 0.415 e. The van der Waals surface area contributed by atoms with Gasteiger partial charge in [0.1, 0.15) is 6.61 Å². The number of nitrogens with zero attached hydrogens (tertiary/aromatic N) is 3. The normalized spacial score (nSPS) is 13.9. The molecule has 0 bridgehead atoms. The number of carbonyl (C=O) groups is 1. The molecule has 5 nitrogen and oxygen atoms in total. The molecule has 0 aliphatic carbocycles. The molecule has 20 heavy (non-hydrogen) atoms. The van der Waals surface area contributed by atoms with Gasteiger partial charge in [-0.15, -0.1) is 0 Å². The van der Waals surface area contributed by atoms with Gasteiger partial charge < -0.3 is 4.74 Å². The minimum atomic E-state index is -0.337. The number of hydrogen-bond acceptors (Lipinski definition) is 3. The van der Waals surface area contributed by atoms with Crippen molar-refractivity contribution in [3.05, 3.63) is 46.6 Å². The summed E-state index contributed by atoms with van der Waals surface area (Å²) in [6.45, 7) is 1.75. The molecular formula is C14H14BrN3O2. The summed E-state index contributed by atoms with van der Waals surface area (Å²) < 4.78 is 8.00. The minimum Gasteiger partial charge on any atom is -0.444 e. The van der Waals surface area contributed by atoms with Crippen LogP contribution in [0.2, 0.25) is 0 Å². The number of aryl methyl sites for hydroxylation is 1. The molecule has 0 N–H and O–H groups in total. The summed E-state index contributed by atoms with van der Waals surface area (Å²) >= 11 is 3.42. The molecule has 1 aromatic heterocycles. The Morgan fingerprint density at radius 3 is 2.90 bits per heavy atom. The lowest BCUT2D eigenvalue weighted by atomic mass is 10.2. The van der Waals surface area contributed by atoms with Gasteiger partial charge in [0.2, 0.25) is 0 Å². The summed E-state index contributed by atoms with van der Waals surface area (Å²) in [6.07, 6.45) is 2.25. The Labute approximate surface area is 125 Å². The summed E-state index contributed by atoms with van der Waals surface area (Å²) in [5, 5.41) is 4.23. The van der Waals surface area contributed by atoms with Crippen LogP contribution in [-0.2, 0) is 17.9 Å². The molecule has 0 fully saturated rings.